The molecule has 0 N–H and O–H groups in total. The first-order valence-electron chi connectivity index (χ1n) is 5.88. The number of aromatic nitrogens is 2. The summed E-state index contributed by atoms with van der Waals surface area (Å²) in [5.41, 5.74) is -0.480. The normalized spacial score (nSPS) is 11.4. The van der Waals surface area contributed by atoms with E-state index in [-0.39, 0.29) is 13.2 Å². The molecule has 0 bridgehead atoms. The molecule has 21 heavy (non-hydrogen) atoms. The van der Waals surface area contributed by atoms with Gasteiger partial charge in [0.2, 0.25) is 0 Å². The molecule has 0 radical (unpaired) electrons. The molecule has 2 rings (SSSR count). The van der Waals surface area contributed by atoms with E-state index in [0.29, 0.717) is 5.75 Å². The highest BCUT2D eigenvalue weighted by molar-refractivity contribution is 9.10. The Labute approximate surface area is 126 Å². The molecule has 0 spiro atoms. The predicted octanol–water partition coefficient (Wildman–Crippen LogP) is 3.47. The zero-order valence-electron chi connectivity index (χ0n) is 10.6. The lowest BCUT2D eigenvalue weighted by atomic mass is 10.2. The Balaban J connectivity index is 1.88. The second-order valence-electron chi connectivity index (χ2n) is 4.12. The van der Waals surface area contributed by atoms with Crippen molar-refractivity contribution in [3.05, 3.63) is 46.7 Å². The van der Waals surface area contributed by atoms with Crippen LogP contribution in [0.15, 0.2) is 41.1 Å². The molecule has 4 nitrogen and oxygen atoms in total. The molecule has 2 aromatic rings. The van der Waals surface area contributed by atoms with Crippen LogP contribution in [0.1, 0.15) is 10.4 Å². The van der Waals surface area contributed by atoms with Gasteiger partial charge in [-0.25, -0.2) is 0 Å². The van der Waals surface area contributed by atoms with Gasteiger partial charge in [-0.1, -0.05) is 15.9 Å². The number of hydrogen-bond acceptors (Lipinski definition) is 3. The third-order valence-electron chi connectivity index (χ3n) is 2.56. The highest BCUT2D eigenvalue weighted by atomic mass is 79.9. The minimum absolute atomic E-state index is 0.225. The van der Waals surface area contributed by atoms with Crippen molar-refractivity contribution < 1.29 is 22.7 Å². The summed E-state index contributed by atoms with van der Waals surface area (Å²) in [6.07, 6.45) is -2.93. The largest absolute Gasteiger partial charge is 0.492 e. The van der Waals surface area contributed by atoms with Gasteiger partial charge in [0.15, 0.2) is 0 Å². The van der Waals surface area contributed by atoms with Crippen molar-refractivity contribution in [1.82, 2.24) is 9.78 Å². The number of Topliss-reactive ketones (excluding diaryl/α,β-unsaturated/α-hetero) is 1. The van der Waals surface area contributed by atoms with Gasteiger partial charge in [-0.15, -0.1) is 0 Å². The summed E-state index contributed by atoms with van der Waals surface area (Å²) < 4.78 is 44.3. The van der Waals surface area contributed by atoms with Gasteiger partial charge in [0, 0.05) is 10.7 Å². The minimum atomic E-state index is -4.89. The highest BCUT2D eigenvalue weighted by Gasteiger charge is 2.39. The van der Waals surface area contributed by atoms with Crippen LogP contribution >= 0.6 is 15.9 Å². The number of carbonyl (C=O) groups is 1. The molecule has 0 unspecified atom stereocenters. The maximum absolute atomic E-state index is 12.2. The third kappa shape index (κ3) is 4.32. The molecule has 0 aliphatic carbocycles. The first kappa shape index (κ1) is 15.6. The Morgan fingerprint density at radius 3 is 2.57 bits per heavy atom. The van der Waals surface area contributed by atoms with Crippen LogP contribution in [0.25, 0.3) is 0 Å². The number of ketones is 1. The molecule has 0 amide bonds. The van der Waals surface area contributed by atoms with Crippen molar-refractivity contribution in [3.63, 3.8) is 0 Å². The van der Waals surface area contributed by atoms with Crippen LogP contribution in [-0.2, 0) is 6.54 Å². The number of alkyl halides is 3. The summed E-state index contributed by atoms with van der Waals surface area (Å²) in [7, 11) is 0. The lowest BCUT2D eigenvalue weighted by molar-refractivity contribution is -0.0885. The van der Waals surface area contributed by atoms with Crippen molar-refractivity contribution in [2.45, 2.75) is 12.7 Å². The molecule has 0 saturated heterocycles. The molecule has 1 aromatic carbocycles. The Kier molecular flexibility index (Phi) is 4.66. The van der Waals surface area contributed by atoms with Crippen molar-refractivity contribution >= 4 is 21.7 Å². The summed E-state index contributed by atoms with van der Waals surface area (Å²) in [6.45, 7) is 0.462. The Hall–Kier alpha value is -1.83. The molecule has 112 valence electrons. The van der Waals surface area contributed by atoms with E-state index >= 15 is 0 Å². The number of rotatable bonds is 5. The van der Waals surface area contributed by atoms with Gasteiger partial charge in [0.1, 0.15) is 12.4 Å². The van der Waals surface area contributed by atoms with E-state index in [1.165, 1.54) is 4.68 Å². The maximum atomic E-state index is 12.2. The number of benzene rings is 1. The monoisotopic (exact) mass is 362 g/mol. The topological polar surface area (TPSA) is 44.1 Å². The molecule has 0 fully saturated rings. The van der Waals surface area contributed by atoms with Gasteiger partial charge in [-0.05, 0) is 24.3 Å². The smallest absolute Gasteiger partial charge is 0.454 e. The van der Waals surface area contributed by atoms with E-state index in [9.17, 15) is 18.0 Å². The summed E-state index contributed by atoms with van der Waals surface area (Å²) in [4.78, 5) is 11.0. The predicted molar refractivity (Wildman–Crippen MR) is 72.2 cm³/mol. The van der Waals surface area contributed by atoms with Crippen LogP contribution in [0.4, 0.5) is 13.2 Å². The SMILES string of the molecule is O=C(c1cnn(CCOc2ccc(Br)cc2)c1)C(F)(F)F. The van der Waals surface area contributed by atoms with Crippen LogP contribution in [0, 0.1) is 0 Å². The van der Waals surface area contributed by atoms with E-state index in [1.54, 1.807) is 12.1 Å². The zero-order valence-corrected chi connectivity index (χ0v) is 12.2. The van der Waals surface area contributed by atoms with E-state index in [2.05, 4.69) is 21.0 Å². The van der Waals surface area contributed by atoms with Gasteiger partial charge in [0.25, 0.3) is 5.78 Å². The number of ether oxygens (including phenoxy) is 1. The van der Waals surface area contributed by atoms with E-state index in [1.807, 2.05) is 12.1 Å². The summed E-state index contributed by atoms with van der Waals surface area (Å²) >= 11 is 3.29. The van der Waals surface area contributed by atoms with Crippen LogP contribution < -0.4 is 4.74 Å². The second-order valence-corrected chi connectivity index (χ2v) is 5.04. The number of halogens is 4. The zero-order chi connectivity index (χ0) is 15.5. The number of nitrogens with zero attached hydrogens (tertiary/aromatic N) is 2. The third-order valence-corrected chi connectivity index (χ3v) is 3.08. The summed E-state index contributed by atoms with van der Waals surface area (Å²) in [6, 6.07) is 7.13. The van der Waals surface area contributed by atoms with Gasteiger partial charge in [-0.3, -0.25) is 9.48 Å². The molecule has 0 atom stereocenters. The van der Waals surface area contributed by atoms with Crippen LogP contribution in [-0.4, -0.2) is 28.3 Å². The van der Waals surface area contributed by atoms with Crippen molar-refractivity contribution in [2.75, 3.05) is 6.61 Å². The lowest BCUT2D eigenvalue weighted by Crippen LogP contribution is -2.22. The molecule has 1 heterocycles. The molecule has 0 saturated carbocycles. The van der Waals surface area contributed by atoms with E-state index < -0.39 is 17.5 Å². The van der Waals surface area contributed by atoms with E-state index in [4.69, 9.17) is 4.74 Å². The van der Waals surface area contributed by atoms with Crippen molar-refractivity contribution in [3.8, 4) is 5.75 Å². The molecule has 8 heteroatoms. The number of carbonyl (C=O) groups excluding carboxylic acids is 1. The quantitative estimate of drug-likeness (QED) is 0.765. The van der Waals surface area contributed by atoms with Crippen LogP contribution in [0.5, 0.6) is 5.75 Å². The fourth-order valence-corrected chi connectivity index (χ4v) is 1.82. The Morgan fingerprint density at radius 2 is 1.95 bits per heavy atom. The van der Waals surface area contributed by atoms with Crippen molar-refractivity contribution in [1.29, 1.82) is 0 Å². The first-order valence-corrected chi connectivity index (χ1v) is 6.68. The lowest BCUT2D eigenvalue weighted by Gasteiger charge is -2.06. The molecule has 1 aromatic heterocycles. The minimum Gasteiger partial charge on any atom is -0.492 e. The number of hydrogen-bond donors (Lipinski definition) is 0. The molecular weight excluding hydrogens is 353 g/mol. The maximum Gasteiger partial charge on any atom is 0.454 e. The first-order chi connectivity index (χ1) is 9.86. The van der Waals surface area contributed by atoms with Crippen molar-refractivity contribution in [2.24, 2.45) is 0 Å². The average molecular weight is 363 g/mol. The Bertz CT molecular complexity index is 623. The Morgan fingerprint density at radius 1 is 1.29 bits per heavy atom. The van der Waals surface area contributed by atoms with E-state index in [0.717, 1.165) is 16.9 Å². The van der Waals surface area contributed by atoms with Crippen LogP contribution in [0.3, 0.4) is 0 Å². The van der Waals surface area contributed by atoms with Gasteiger partial charge in [-0.2, -0.15) is 18.3 Å². The average Bonchev–Trinajstić information content (AvgIpc) is 2.88. The molecular formula is C13H10BrF3N2O2. The summed E-state index contributed by atoms with van der Waals surface area (Å²) in [5.74, 6) is -1.26. The molecule has 0 aliphatic heterocycles. The van der Waals surface area contributed by atoms with Gasteiger partial charge in [0.05, 0.1) is 18.3 Å². The second kappa shape index (κ2) is 6.30. The standard InChI is InChI=1S/C13H10BrF3N2O2/c14-10-1-3-11(4-2-10)21-6-5-19-8-9(7-18-19)12(20)13(15,16)17/h1-4,7-8H,5-6H2. The van der Waals surface area contributed by atoms with Gasteiger partial charge < -0.3 is 4.74 Å². The van der Waals surface area contributed by atoms with Crippen LogP contribution in [0.2, 0.25) is 0 Å². The fraction of sp³-hybridized carbons (Fsp3) is 0.231. The highest BCUT2D eigenvalue weighted by Crippen LogP contribution is 2.21. The summed E-state index contributed by atoms with van der Waals surface area (Å²) in [5, 5.41) is 3.70. The molecule has 0 aliphatic rings. The fourth-order valence-electron chi connectivity index (χ4n) is 1.55. The van der Waals surface area contributed by atoms with Gasteiger partial charge >= 0.3 is 6.18 Å².